The maximum Gasteiger partial charge on any atom is 0.252 e. The zero-order valence-corrected chi connectivity index (χ0v) is 9.58. The molecule has 0 unspecified atom stereocenters. The summed E-state index contributed by atoms with van der Waals surface area (Å²) in [6.07, 6.45) is 3.23. The zero-order valence-electron chi connectivity index (χ0n) is 9.58. The summed E-state index contributed by atoms with van der Waals surface area (Å²) in [4.78, 5) is 28.0. The first-order valence-corrected chi connectivity index (χ1v) is 5.60. The second-order valence-electron chi connectivity index (χ2n) is 4.22. The van der Waals surface area contributed by atoms with Crippen LogP contribution in [0.1, 0.15) is 11.6 Å². The third kappa shape index (κ3) is 1.90. The third-order valence-electron chi connectivity index (χ3n) is 2.97. The lowest BCUT2D eigenvalue weighted by molar-refractivity contribution is 0.508. The summed E-state index contributed by atoms with van der Waals surface area (Å²) >= 11 is 0. The molecule has 1 aliphatic rings. The van der Waals surface area contributed by atoms with Gasteiger partial charge in [0.25, 0.3) is 5.56 Å². The molecule has 1 aliphatic heterocycles. The number of nitrogens with zero attached hydrogens (tertiary/aromatic N) is 4. The van der Waals surface area contributed by atoms with Crippen LogP contribution in [0.25, 0.3) is 0 Å². The summed E-state index contributed by atoms with van der Waals surface area (Å²) in [7, 11) is 0. The molecule has 0 atom stereocenters. The van der Waals surface area contributed by atoms with E-state index in [1.807, 2.05) is 6.07 Å². The molecular formula is C11H12N6O. The topological polar surface area (TPSA) is 101 Å². The van der Waals surface area contributed by atoms with Gasteiger partial charge in [0, 0.05) is 31.3 Å². The molecule has 3 N–H and O–H groups in total. The molecule has 0 bridgehead atoms. The van der Waals surface area contributed by atoms with Crippen LogP contribution in [0.4, 0.5) is 11.8 Å². The largest absolute Gasteiger partial charge is 0.369 e. The molecule has 3 rings (SSSR count). The van der Waals surface area contributed by atoms with Crippen molar-refractivity contribution in [3.05, 3.63) is 40.7 Å². The first-order chi connectivity index (χ1) is 8.72. The smallest absolute Gasteiger partial charge is 0.252 e. The number of nitrogens with two attached hydrogens (primary N) is 1. The zero-order chi connectivity index (χ0) is 12.5. The van der Waals surface area contributed by atoms with Gasteiger partial charge in [-0.15, -0.1) is 0 Å². The molecule has 0 radical (unpaired) electrons. The minimum Gasteiger partial charge on any atom is -0.369 e. The Morgan fingerprint density at radius 3 is 2.94 bits per heavy atom. The Morgan fingerprint density at radius 2 is 2.28 bits per heavy atom. The van der Waals surface area contributed by atoms with Crippen molar-refractivity contribution in [1.29, 1.82) is 0 Å². The predicted octanol–water partition coefficient (Wildman–Crippen LogP) is -0.254. The van der Waals surface area contributed by atoms with Crippen molar-refractivity contribution in [3.63, 3.8) is 0 Å². The van der Waals surface area contributed by atoms with Crippen molar-refractivity contribution >= 4 is 11.8 Å². The highest BCUT2D eigenvalue weighted by Gasteiger charge is 2.30. The van der Waals surface area contributed by atoms with E-state index in [4.69, 9.17) is 5.73 Å². The van der Waals surface area contributed by atoms with Gasteiger partial charge in [0.05, 0.1) is 5.69 Å². The van der Waals surface area contributed by atoms with E-state index in [-0.39, 0.29) is 17.4 Å². The summed E-state index contributed by atoms with van der Waals surface area (Å²) in [5.74, 6) is 1.28. The Labute approximate surface area is 103 Å². The van der Waals surface area contributed by atoms with E-state index in [0.717, 1.165) is 24.6 Å². The highest BCUT2D eigenvalue weighted by Crippen LogP contribution is 2.28. The van der Waals surface area contributed by atoms with E-state index in [9.17, 15) is 4.79 Å². The molecule has 7 nitrogen and oxygen atoms in total. The lowest BCUT2D eigenvalue weighted by Gasteiger charge is -2.39. The molecule has 0 saturated carbocycles. The molecule has 0 aromatic carbocycles. The summed E-state index contributed by atoms with van der Waals surface area (Å²) in [5.41, 5.74) is 6.05. The average molecular weight is 244 g/mol. The molecule has 1 fully saturated rings. The molecule has 1 saturated heterocycles. The quantitative estimate of drug-likeness (QED) is 0.755. The van der Waals surface area contributed by atoms with E-state index in [0.29, 0.717) is 0 Å². The van der Waals surface area contributed by atoms with Gasteiger partial charge in [-0.1, -0.05) is 0 Å². The monoisotopic (exact) mass is 244 g/mol. The van der Waals surface area contributed by atoms with Crippen LogP contribution >= 0.6 is 0 Å². The summed E-state index contributed by atoms with van der Waals surface area (Å²) in [6.45, 7) is 1.57. The second kappa shape index (κ2) is 4.10. The Hall–Kier alpha value is -2.44. The van der Waals surface area contributed by atoms with Gasteiger partial charge in [-0.25, -0.2) is 15.0 Å². The summed E-state index contributed by atoms with van der Waals surface area (Å²) < 4.78 is 0. The third-order valence-corrected chi connectivity index (χ3v) is 2.97. The number of anilines is 2. The van der Waals surface area contributed by atoms with E-state index in [1.54, 1.807) is 6.20 Å². The Kier molecular flexibility index (Phi) is 2.44. The second-order valence-corrected chi connectivity index (χ2v) is 4.22. The van der Waals surface area contributed by atoms with Crippen LogP contribution in [0.3, 0.4) is 0 Å². The number of H-pyrrole nitrogens is 1. The van der Waals surface area contributed by atoms with Crippen molar-refractivity contribution < 1.29 is 0 Å². The highest BCUT2D eigenvalue weighted by molar-refractivity contribution is 5.43. The highest BCUT2D eigenvalue weighted by atomic mass is 16.1. The van der Waals surface area contributed by atoms with Gasteiger partial charge in [0.1, 0.15) is 12.1 Å². The van der Waals surface area contributed by atoms with Gasteiger partial charge in [-0.2, -0.15) is 0 Å². The molecule has 2 aromatic rings. The van der Waals surface area contributed by atoms with Gasteiger partial charge >= 0.3 is 0 Å². The average Bonchev–Trinajstić information content (AvgIpc) is 2.27. The summed E-state index contributed by atoms with van der Waals surface area (Å²) in [5, 5.41) is 0. The molecule has 0 aliphatic carbocycles. The van der Waals surface area contributed by atoms with E-state index < -0.39 is 0 Å². The van der Waals surface area contributed by atoms with Crippen molar-refractivity contribution in [1.82, 2.24) is 19.9 Å². The lowest BCUT2D eigenvalue weighted by atomic mass is 9.96. The van der Waals surface area contributed by atoms with Gasteiger partial charge < -0.3 is 10.6 Å². The molecular weight excluding hydrogens is 232 g/mol. The fourth-order valence-electron chi connectivity index (χ4n) is 2.03. The molecule has 92 valence electrons. The van der Waals surface area contributed by atoms with Crippen LogP contribution in [-0.4, -0.2) is 33.0 Å². The van der Waals surface area contributed by atoms with E-state index in [1.165, 1.54) is 12.4 Å². The standard InChI is InChI=1S/C11H12N6O/c12-11-15-8(3-10(18)16-11)7-4-17(5-7)9-1-2-13-6-14-9/h1-3,6-7H,4-5H2,(H3,12,15,16,18). The van der Waals surface area contributed by atoms with Gasteiger partial charge in [0.2, 0.25) is 5.95 Å². The van der Waals surface area contributed by atoms with Gasteiger partial charge in [0.15, 0.2) is 0 Å². The van der Waals surface area contributed by atoms with Crippen LogP contribution in [-0.2, 0) is 0 Å². The number of rotatable bonds is 2. The van der Waals surface area contributed by atoms with Crippen LogP contribution in [0.5, 0.6) is 0 Å². The fourth-order valence-corrected chi connectivity index (χ4v) is 2.03. The van der Waals surface area contributed by atoms with Gasteiger partial charge in [-0.3, -0.25) is 9.78 Å². The maximum absolute atomic E-state index is 11.3. The SMILES string of the molecule is Nc1nc(C2CN(c3ccncn3)C2)cc(=O)[nH]1. The number of hydrogen-bond donors (Lipinski definition) is 2. The van der Waals surface area contributed by atoms with Crippen LogP contribution in [0.2, 0.25) is 0 Å². The van der Waals surface area contributed by atoms with Crippen molar-refractivity contribution in [2.24, 2.45) is 0 Å². The first kappa shape index (κ1) is 10.7. The Bertz CT molecular complexity index is 604. The molecule has 0 amide bonds. The first-order valence-electron chi connectivity index (χ1n) is 5.60. The minimum absolute atomic E-state index is 0.165. The summed E-state index contributed by atoms with van der Waals surface area (Å²) in [6, 6.07) is 3.36. The fraction of sp³-hybridized carbons (Fsp3) is 0.273. The molecule has 3 heterocycles. The predicted molar refractivity (Wildman–Crippen MR) is 66.3 cm³/mol. The minimum atomic E-state index is -0.210. The molecule has 18 heavy (non-hydrogen) atoms. The van der Waals surface area contributed by atoms with Crippen molar-refractivity contribution in [2.45, 2.75) is 5.92 Å². The molecule has 0 spiro atoms. The molecule has 2 aromatic heterocycles. The normalized spacial score (nSPS) is 15.4. The van der Waals surface area contributed by atoms with E-state index in [2.05, 4.69) is 24.8 Å². The number of nitrogens with one attached hydrogen (secondary N) is 1. The maximum atomic E-state index is 11.3. The number of hydrogen-bond acceptors (Lipinski definition) is 6. The molecule has 7 heteroatoms. The number of aromatic nitrogens is 4. The number of aromatic amines is 1. The Balaban J connectivity index is 1.74. The van der Waals surface area contributed by atoms with E-state index >= 15 is 0 Å². The van der Waals surface area contributed by atoms with Crippen LogP contribution in [0.15, 0.2) is 29.5 Å². The van der Waals surface area contributed by atoms with Crippen molar-refractivity contribution in [2.75, 3.05) is 23.7 Å². The lowest BCUT2D eigenvalue weighted by Crippen LogP contribution is -2.46. The Morgan fingerprint density at radius 1 is 1.44 bits per heavy atom. The number of nitrogen functional groups attached to an aromatic ring is 1. The van der Waals surface area contributed by atoms with Crippen LogP contribution in [0, 0.1) is 0 Å². The van der Waals surface area contributed by atoms with Gasteiger partial charge in [-0.05, 0) is 6.07 Å². The van der Waals surface area contributed by atoms with Crippen LogP contribution < -0.4 is 16.2 Å². The van der Waals surface area contributed by atoms with Crippen molar-refractivity contribution in [3.8, 4) is 0 Å².